The summed E-state index contributed by atoms with van der Waals surface area (Å²) < 4.78 is 45.0. The van der Waals surface area contributed by atoms with Crippen LogP contribution in [-0.2, 0) is 9.47 Å². The standard InChI is InChI=1S/C10H16ClF3O2/c11-9-3-5-15-6-8(9)2-1-4-16-7-10(12,13)14/h8-9H,1-7H2. The molecule has 0 aromatic rings. The molecule has 16 heavy (non-hydrogen) atoms. The quantitative estimate of drug-likeness (QED) is 0.559. The van der Waals surface area contributed by atoms with E-state index < -0.39 is 12.8 Å². The Morgan fingerprint density at radius 1 is 1.38 bits per heavy atom. The van der Waals surface area contributed by atoms with Crippen LogP contribution in [0, 0.1) is 5.92 Å². The van der Waals surface area contributed by atoms with Crippen molar-refractivity contribution in [3.8, 4) is 0 Å². The third-order valence-electron chi connectivity index (χ3n) is 2.51. The minimum absolute atomic E-state index is 0.0800. The zero-order chi connectivity index (χ0) is 12.0. The Morgan fingerprint density at radius 3 is 2.75 bits per heavy atom. The molecule has 1 aliphatic rings. The highest BCUT2D eigenvalue weighted by molar-refractivity contribution is 6.20. The predicted octanol–water partition coefficient (Wildman–Crippen LogP) is 2.99. The van der Waals surface area contributed by atoms with Gasteiger partial charge in [0.1, 0.15) is 6.61 Å². The molecular formula is C10H16ClF3O2. The van der Waals surface area contributed by atoms with Gasteiger partial charge in [-0.3, -0.25) is 0 Å². The average molecular weight is 261 g/mol. The molecule has 1 fully saturated rings. The van der Waals surface area contributed by atoms with E-state index in [0.717, 1.165) is 12.8 Å². The molecule has 1 saturated heterocycles. The minimum atomic E-state index is -4.23. The second-order valence-electron chi connectivity index (χ2n) is 3.95. The average Bonchev–Trinajstić information content (AvgIpc) is 2.18. The zero-order valence-corrected chi connectivity index (χ0v) is 9.69. The fourth-order valence-electron chi connectivity index (χ4n) is 1.67. The Hall–Kier alpha value is 0. The summed E-state index contributed by atoms with van der Waals surface area (Å²) in [6, 6.07) is 0. The molecule has 0 saturated carbocycles. The molecule has 96 valence electrons. The van der Waals surface area contributed by atoms with Gasteiger partial charge in [-0.1, -0.05) is 0 Å². The van der Waals surface area contributed by atoms with Crippen LogP contribution in [0.3, 0.4) is 0 Å². The molecule has 0 radical (unpaired) electrons. The first kappa shape index (κ1) is 14.1. The fourth-order valence-corrected chi connectivity index (χ4v) is 1.96. The molecule has 0 aromatic heterocycles. The summed E-state index contributed by atoms with van der Waals surface area (Å²) in [5, 5.41) is 0.0800. The lowest BCUT2D eigenvalue weighted by Gasteiger charge is -2.27. The van der Waals surface area contributed by atoms with Crippen molar-refractivity contribution in [2.45, 2.75) is 30.8 Å². The van der Waals surface area contributed by atoms with Crippen molar-refractivity contribution in [1.82, 2.24) is 0 Å². The number of hydrogen-bond donors (Lipinski definition) is 0. The summed E-state index contributed by atoms with van der Waals surface area (Å²) in [4.78, 5) is 0. The van der Waals surface area contributed by atoms with Gasteiger partial charge in [-0.2, -0.15) is 13.2 Å². The maximum absolute atomic E-state index is 11.7. The smallest absolute Gasteiger partial charge is 0.381 e. The number of hydrogen-bond acceptors (Lipinski definition) is 2. The molecule has 0 N–H and O–H groups in total. The molecule has 1 heterocycles. The molecule has 0 bridgehead atoms. The first-order valence-electron chi connectivity index (χ1n) is 5.35. The molecule has 2 nitrogen and oxygen atoms in total. The largest absolute Gasteiger partial charge is 0.411 e. The van der Waals surface area contributed by atoms with Crippen molar-refractivity contribution in [3.63, 3.8) is 0 Å². The van der Waals surface area contributed by atoms with E-state index in [0.29, 0.717) is 19.6 Å². The second-order valence-corrected chi connectivity index (χ2v) is 4.51. The lowest BCUT2D eigenvalue weighted by Crippen LogP contribution is -2.28. The second kappa shape index (κ2) is 6.67. The third kappa shape index (κ3) is 5.92. The number of alkyl halides is 4. The molecule has 0 spiro atoms. The fraction of sp³-hybridized carbons (Fsp3) is 1.00. The van der Waals surface area contributed by atoms with E-state index in [1.807, 2.05) is 0 Å². The van der Waals surface area contributed by atoms with Crippen molar-refractivity contribution >= 4 is 11.6 Å². The van der Waals surface area contributed by atoms with Crippen LogP contribution in [0.2, 0.25) is 0 Å². The van der Waals surface area contributed by atoms with Crippen molar-refractivity contribution in [2.75, 3.05) is 26.4 Å². The van der Waals surface area contributed by atoms with Gasteiger partial charge >= 0.3 is 6.18 Å². The molecule has 0 aromatic carbocycles. The van der Waals surface area contributed by atoms with Crippen LogP contribution in [0.5, 0.6) is 0 Å². The maximum Gasteiger partial charge on any atom is 0.411 e. The Morgan fingerprint density at radius 2 is 2.12 bits per heavy atom. The molecule has 1 rings (SSSR count). The van der Waals surface area contributed by atoms with E-state index in [1.165, 1.54) is 0 Å². The number of halogens is 4. The third-order valence-corrected chi connectivity index (χ3v) is 3.09. The lowest BCUT2D eigenvalue weighted by atomic mass is 9.96. The highest BCUT2D eigenvalue weighted by Crippen LogP contribution is 2.24. The lowest BCUT2D eigenvalue weighted by molar-refractivity contribution is -0.174. The van der Waals surface area contributed by atoms with E-state index >= 15 is 0 Å². The Kier molecular flexibility index (Phi) is 5.86. The summed E-state index contributed by atoms with van der Waals surface area (Å²) in [5.41, 5.74) is 0. The van der Waals surface area contributed by atoms with Gasteiger partial charge < -0.3 is 9.47 Å². The SMILES string of the molecule is FC(F)(F)COCCCC1COCCC1Cl. The van der Waals surface area contributed by atoms with Crippen LogP contribution in [-0.4, -0.2) is 38.0 Å². The highest BCUT2D eigenvalue weighted by atomic mass is 35.5. The van der Waals surface area contributed by atoms with Gasteiger partial charge in [0.25, 0.3) is 0 Å². The van der Waals surface area contributed by atoms with Gasteiger partial charge in [0.15, 0.2) is 0 Å². The normalized spacial score (nSPS) is 27.0. The summed E-state index contributed by atoms with van der Waals surface area (Å²) in [6.45, 7) is 0.237. The summed E-state index contributed by atoms with van der Waals surface area (Å²) in [5.74, 6) is 0.241. The van der Waals surface area contributed by atoms with E-state index in [-0.39, 0.29) is 17.9 Å². The van der Waals surface area contributed by atoms with Crippen molar-refractivity contribution in [3.05, 3.63) is 0 Å². The zero-order valence-electron chi connectivity index (χ0n) is 8.93. The van der Waals surface area contributed by atoms with Crippen molar-refractivity contribution in [2.24, 2.45) is 5.92 Å². The van der Waals surface area contributed by atoms with Crippen LogP contribution in [0.1, 0.15) is 19.3 Å². The Balaban J connectivity index is 2.02. The Labute approximate surface area is 98.0 Å². The topological polar surface area (TPSA) is 18.5 Å². The summed E-state index contributed by atoms with van der Waals surface area (Å²) in [6.07, 6.45) is -2.07. The maximum atomic E-state index is 11.7. The first-order valence-corrected chi connectivity index (χ1v) is 5.79. The van der Waals surface area contributed by atoms with E-state index in [2.05, 4.69) is 4.74 Å². The first-order chi connectivity index (χ1) is 7.49. The number of rotatable bonds is 5. The van der Waals surface area contributed by atoms with E-state index in [1.54, 1.807) is 0 Å². The molecule has 0 amide bonds. The van der Waals surface area contributed by atoms with Crippen molar-refractivity contribution < 1.29 is 22.6 Å². The minimum Gasteiger partial charge on any atom is -0.381 e. The van der Waals surface area contributed by atoms with Gasteiger partial charge in [0, 0.05) is 18.6 Å². The summed E-state index contributed by atoms with van der Waals surface area (Å²) >= 11 is 6.07. The number of ether oxygens (including phenoxy) is 2. The molecule has 6 heteroatoms. The van der Waals surface area contributed by atoms with Crippen molar-refractivity contribution in [1.29, 1.82) is 0 Å². The summed E-state index contributed by atoms with van der Waals surface area (Å²) in [7, 11) is 0. The van der Waals surface area contributed by atoms with E-state index in [9.17, 15) is 13.2 Å². The monoisotopic (exact) mass is 260 g/mol. The van der Waals surface area contributed by atoms with Crippen LogP contribution < -0.4 is 0 Å². The Bertz CT molecular complexity index is 199. The highest BCUT2D eigenvalue weighted by Gasteiger charge is 2.27. The van der Waals surface area contributed by atoms with Gasteiger partial charge in [-0.25, -0.2) is 0 Å². The van der Waals surface area contributed by atoms with Crippen LogP contribution in [0.25, 0.3) is 0 Å². The van der Waals surface area contributed by atoms with Gasteiger partial charge in [0.05, 0.1) is 6.61 Å². The molecule has 2 unspecified atom stereocenters. The van der Waals surface area contributed by atoms with Crippen LogP contribution in [0.15, 0.2) is 0 Å². The van der Waals surface area contributed by atoms with Gasteiger partial charge in [0.2, 0.25) is 0 Å². The molecule has 2 atom stereocenters. The molecule has 1 aliphatic heterocycles. The van der Waals surface area contributed by atoms with Gasteiger partial charge in [-0.15, -0.1) is 11.6 Å². The van der Waals surface area contributed by atoms with Gasteiger partial charge in [-0.05, 0) is 25.2 Å². The predicted molar refractivity (Wildman–Crippen MR) is 54.7 cm³/mol. The van der Waals surface area contributed by atoms with Crippen LogP contribution in [0.4, 0.5) is 13.2 Å². The van der Waals surface area contributed by atoms with E-state index in [4.69, 9.17) is 16.3 Å². The van der Waals surface area contributed by atoms with Crippen LogP contribution >= 0.6 is 11.6 Å². The molecular weight excluding hydrogens is 245 g/mol. The molecule has 0 aliphatic carbocycles.